The van der Waals surface area contributed by atoms with E-state index in [1.807, 2.05) is 6.26 Å². The third-order valence-electron chi connectivity index (χ3n) is 2.05. The van der Waals surface area contributed by atoms with Crippen LogP contribution in [-0.4, -0.2) is 34.9 Å². The van der Waals surface area contributed by atoms with Crippen LogP contribution in [0.4, 0.5) is 0 Å². The second kappa shape index (κ2) is 6.84. The molecule has 0 aromatic carbocycles. The highest BCUT2D eigenvalue weighted by molar-refractivity contribution is 7.98. The number of thioether (sulfide) groups is 1. The summed E-state index contributed by atoms with van der Waals surface area (Å²) >= 11 is 1.60. The number of hydrogen-bond acceptors (Lipinski definition) is 4. The number of Topliss-reactive ketones (excluding diaryl/α,β-unsaturated/α-hetero) is 1. The number of aliphatic carboxylic acids is 1. The smallest absolute Gasteiger partial charge is 0.314 e. The summed E-state index contributed by atoms with van der Waals surface area (Å²) < 4.78 is 0. The molecule has 2 unspecified atom stereocenters. The molecule has 0 aliphatic rings. The Kier molecular flexibility index (Phi) is 6.57. The van der Waals surface area contributed by atoms with Crippen molar-refractivity contribution in [1.29, 1.82) is 0 Å². The number of carboxylic acid groups (broad SMARTS) is 1. The molecule has 4 nitrogen and oxygen atoms in total. The van der Waals surface area contributed by atoms with Crippen LogP contribution in [0.2, 0.25) is 0 Å². The van der Waals surface area contributed by atoms with Gasteiger partial charge >= 0.3 is 5.97 Å². The van der Waals surface area contributed by atoms with Crippen molar-refractivity contribution >= 4 is 23.5 Å². The van der Waals surface area contributed by atoms with Crippen LogP contribution in [-0.2, 0) is 9.59 Å². The van der Waals surface area contributed by atoms with Crippen molar-refractivity contribution in [3.63, 3.8) is 0 Å². The zero-order valence-corrected chi connectivity index (χ0v) is 9.34. The second-order valence-corrected chi connectivity index (χ2v) is 4.08. The Labute approximate surface area is 88.2 Å². The molecule has 0 spiro atoms. The molecular weight excluding hydrogens is 202 g/mol. The zero-order valence-electron chi connectivity index (χ0n) is 8.53. The fourth-order valence-corrected chi connectivity index (χ4v) is 1.63. The van der Waals surface area contributed by atoms with Crippen molar-refractivity contribution in [1.82, 2.24) is 0 Å². The van der Waals surface area contributed by atoms with E-state index in [1.165, 1.54) is 0 Å². The first-order valence-electron chi connectivity index (χ1n) is 4.55. The van der Waals surface area contributed by atoms with Crippen molar-refractivity contribution in [3.05, 3.63) is 0 Å². The van der Waals surface area contributed by atoms with E-state index in [0.29, 0.717) is 12.8 Å². The van der Waals surface area contributed by atoms with Gasteiger partial charge in [-0.3, -0.25) is 9.59 Å². The summed E-state index contributed by atoms with van der Waals surface area (Å²) in [7, 11) is 0. The van der Waals surface area contributed by atoms with Crippen molar-refractivity contribution in [3.8, 4) is 0 Å². The predicted molar refractivity (Wildman–Crippen MR) is 57.4 cm³/mol. The van der Waals surface area contributed by atoms with Crippen molar-refractivity contribution in [2.24, 2.45) is 11.7 Å². The Morgan fingerprint density at radius 1 is 1.50 bits per heavy atom. The van der Waals surface area contributed by atoms with Gasteiger partial charge in [0.05, 0.1) is 6.04 Å². The maximum absolute atomic E-state index is 11.5. The van der Waals surface area contributed by atoms with Gasteiger partial charge in [0, 0.05) is 0 Å². The summed E-state index contributed by atoms with van der Waals surface area (Å²) in [4.78, 5) is 22.2. The van der Waals surface area contributed by atoms with Crippen LogP contribution in [0.1, 0.15) is 19.8 Å². The molecule has 2 atom stereocenters. The molecule has 0 amide bonds. The second-order valence-electron chi connectivity index (χ2n) is 3.09. The quantitative estimate of drug-likeness (QED) is 0.617. The number of carbonyl (C=O) groups excluding carboxylic acids is 1. The van der Waals surface area contributed by atoms with E-state index >= 15 is 0 Å². The molecule has 0 aromatic heterocycles. The van der Waals surface area contributed by atoms with Crippen molar-refractivity contribution in [2.45, 2.75) is 25.8 Å². The van der Waals surface area contributed by atoms with Crippen LogP contribution in [0.25, 0.3) is 0 Å². The molecule has 0 rings (SSSR count). The standard InChI is InChI=1S/C9H17NO3S/c1-3-6(9(12)13)8(11)7(10)4-5-14-2/h6-7H,3-5,10H2,1-2H3,(H,12,13). The average molecular weight is 219 g/mol. The molecule has 0 heterocycles. The van der Waals surface area contributed by atoms with Crippen molar-refractivity contribution in [2.75, 3.05) is 12.0 Å². The minimum atomic E-state index is -1.07. The molecule has 0 fully saturated rings. The maximum Gasteiger partial charge on any atom is 0.314 e. The van der Waals surface area contributed by atoms with Crippen LogP contribution >= 0.6 is 11.8 Å². The lowest BCUT2D eigenvalue weighted by Crippen LogP contribution is -2.39. The normalized spacial score (nSPS) is 14.8. The topological polar surface area (TPSA) is 80.4 Å². The number of ketones is 1. The van der Waals surface area contributed by atoms with Crippen LogP contribution in [0.15, 0.2) is 0 Å². The largest absolute Gasteiger partial charge is 0.481 e. The fraction of sp³-hybridized carbons (Fsp3) is 0.778. The third kappa shape index (κ3) is 4.11. The molecule has 82 valence electrons. The van der Waals surface area contributed by atoms with E-state index in [2.05, 4.69) is 0 Å². The Bertz CT molecular complexity index is 208. The van der Waals surface area contributed by atoms with Gasteiger partial charge in [-0.25, -0.2) is 0 Å². The lowest BCUT2D eigenvalue weighted by Gasteiger charge is -2.14. The summed E-state index contributed by atoms with van der Waals surface area (Å²) in [5, 5.41) is 8.74. The van der Waals surface area contributed by atoms with E-state index in [0.717, 1.165) is 5.75 Å². The SMILES string of the molecule is CCC(C(=O)O)C(=O)C(N)CCSC. The molecule has 0 saturated heterocycles. The van der Waals surface area contributed by atoms with E-state index in [9.17, 15) is 9.59 Å². The molecule has 5 heteroatoms. The number of nitrogens with two attached hydrogens (primary N) is 1. The summed E-state index contributed by atoms with van der Waals surface area (Å²) in [5.41, 5.74) is 5.59. The lowest BCUT2D eigenvalue weighted by atomic mass is 9.95. The third-order valence-corrected chi connectivity index (χ3v) is 2.69. The first kappa shape index (κ1) is 13.4. The zero-order chi connectivity index (χ0) is 11.1. The Morgan fingerprint density at radius 3 is 2.43 bits per heavy atom. The highest BCUT2D eigenvalue weighted by atomic mass is 32.2. The van der Waals surface area contributed by atoms with Crippen molar-refractivity contribution < 1.29 is 14.7 Å². The molecule has 0 saturated carbocycles. The highest BCUT2D eigenvalue weighted by Crippen LogP contribution is 2.09. The molecule has 0 radical (unpaired) electrons. The molecule has 0 aliphatic heterocycles. The highest BCUT2D eigenvalue weighted by Gasteiger charge is 2.28. The van der Waals surface area contributed by atoms with Gasteiger partial charge in [0.2, 0.25) is 0 Å². The lowest BCUT2D eigenvalue weighted by molar-refractivity contribution is -0.146. The number of rotatable bonds is 7. The van der Waals surface area contributed by atoms with E-state index in [-0.39, 0.29) is 5.78 Å². The molecule has 0 aliphatic carbocycles. The van der Waals surface area contributed by atoms with Crippen LogP contribution in [0.5, 0.6) is 0 Å². The molecule has 0 bridgehead atoms. The Hall–Kier alpha value is -0.550. The number of carbonyl (C=O) groups is 2. The molecule has 3 N–H and O–H groups in total. The summed E-state index contributed by atoms with van der Waals surface area (Å²) in [5.74, 6) is -1.58. The monoisotopic (exact) mass is 219 g/mol. The van der Waals surface area contributed by atoms with Gasteiger partial charge in [0.25, 0.3) is 0 Å². The minimum absolute atomic E-state index is 0.307. The van der Waals surface area contributed by atoms with Gasteiger partial charge in [-0.15, -0.1) is 0 Å². The predicted octanol–water partition coefficient (Wildman–Crippen LogP) is 0.747. The van der Waals surface area contributed by atoms with Gasteiger partial charge in [-0.1, -0.05) is 6.92 Å². The van der Waals surface area contributed by atoms with E-state index < -0.39 is 17.9 Å². The van der Waals surface area contributed by atoms with Crippen LogP contribution in [0, 0.1) is 5.92 Å². The van der Waals surface area contributed by atoms with Gasteiger partial charge in [-0.2, -0.15) is 11.8 Å². The van der Waals surface area contributed by atoms with Gasteiger partial charge < -0.3 is 10.8 Å². The van der Waals surface area contributed by atoms with Gasteiger partial charge in [0.15, 0.2) is 5.78 Å². The summed E-state index contributed by atoms with van der Waals surface area (Å²) in [6.45, 7) is 1.68. The Balaban J connectivity index is 4.20. The summed E-state index contributed by atoms with van der Waals surface area (Å²) in [6, 6.07) is -0.636. The van der Waals surface area contributed by atoms with Gasteiger partial charge in [0.1, 0.15) is 5.92 Å². The number of carboxylic acids is 1. The van der Waals surface area contributed by atoms with E-state index in [4.69, 9.17) is 10.8 Å². The van der Waals surface area contributed by atoms with Crippen LogP contribution < -0.4 is 5.73 Å². The maximum atomic E-state index is 11.5. The molecule has 0 aromatic rings. The van der Waals surface area contributed by atoms with Gasteiger partial charge in [-0.05, 0) is 24.9 Å². The van der Waals surface area contributed by atoms with E-state index in [1.54, 1.807) is 18.7 Å². The fourth-order valence-electron chi connectivity index (χ4n) is 1.14. The minimum Gasteiger partial charge on any atom is -0.481 e. The first-order chi connectivity index (χ1) is 6.54. The average Bonchev–Trinajstić information content (AvgIpc) is 2.14. The first-order valence-corrected chi connectivity index (χ1v) is 5.95. The van der Waals surface area contributed by atoms with Crippen LogP contribution in [0.3, 0.4) is 0 Å². The molecular formula is C9H17NO3S. The summed E-state index contributed by atoms with van der Waals surface area (Å²) in [6.07, 6.45) is 2.77. The molecule has 14 heavy (non-hydrogen) atoms. The Morgan fingerprint density at radius 2 is 2.07 bits per heavy atom. The number of hydrogen-bond donors (Lipinski definition) is 2.